The maximum Gasteiger partial charge on any atom is 0.202 e. The highest BCUT2D eigenvalue weighted by Gasteiger charge is 2.19. The van der Waals surface area contributed by atoms with E-state index in [1.165, 1.54) is 16.2 Å². The Bertz CT molecular complexity index is 635. The number of aryl methyl sites for hydroxylation is 2. The van der Waals surface area contributed by atoms with Crippen LogP contribution in [0, 0.1) is 6.92 Å². The van der Waals surface area contributed by atoms with E-state index in [-0.39, 0.29) is 5.78 Å². The second-order valence-corrected chi connectivity index (χ2v) is 7.12. The Hall–Kier alpha value is -1.26. The van der Waals surface area contributed by atoms with Gasteiger partial charge in [-0.3, -0.25) is 4.79 Å². The molecule has 2 heterocycles. The first-order chi connectivity index (χ1) is 9.69. The number of thioether (sulfide) groups is 1. The molecule has 0 unspecified atom stereocenters. The van der Waals surface area contributed by atoms with Crippen LogP contribution in [0.4, 0.5) is 0 Å². The zero-order valence-corrected chi connectivity index (χ0v) is 13.2. The maximum atomic E-state index is 12.6. The Labute approximate surface area is 127 Å². The van der Waals surface area contributed by atoms with Crippen molar-refractivity contribution < 1.29 is 9.53 Å². The summed E-state index contributed by atoms with van der Waals surface area (Å²) in [6, 6.07) is 7.70. The van der Waals surface area contributed by atoms with Crippen molar-refractivity contribution in [3.63, 3.8) is 0 Å². The molecule has 2 nitrogen and oxygen atoms in total. The van der Waals surface area contributed by atoms with E-state index in [9.17, 15) is 4.79 Å². The minimum absolute atomic E-state index is 0.125. The largest absolute Gasteiger partial charge is 0.496 e. The van der Waals surface area contributed by atoms with Crippen molar-refractivity contribution in [1.82, 2.24) is 0 Å². The van der Waals surface area contributed by atoms with Crippen molar-refractivity contribution in [2.45, 2.75) is 19.1 Å². The van der Waals surface area contributed by atoms with Gasteiger partial charge in [-0.25, -0.2) is 0 Å². The van der Waals surface area contributed by atoms with E-state index in [4.69, 9.17) is 4.74 Å². The molecule has 0 bridgehead atoms. The summed E-state index contributed by atoms with van der Waals surface area (Å²) in [6.45, 7) is 1.96. The van der Waals surface area contributed by atoms with Crippen LogP contribution in [0.25, 0.3) is 0 Å². The van der Waals surface area contributed by atoms with Crippen molar-refractivity contribution >= 4 is 28.9 Å². The topological polar surface area (TPSA) is 26.3 Å². The first-order valence-electron chi connectivity index (χ1n) is 6.57. The molecule has 0 saturated carbocycles. The van der Waals surface area contributed by atoms with Crippen LogP contribution in [0.15, 0.2) is 24.3 Å². The molecule has 2 aromatic rings. The van der Waals surface area contributed by atoms with Gasteiger partial charge in [0.2, 0.25) is 5.78 Å². The summed E-state index contributed by atoms with van der Waals surface area (Å²) in [5.74, 6) is 3.16. The number of rotatable bonds is 3. The summed E-state index contributed by atoms with van der Waals surface area (Å²) < 4.78 is 5.24. The van der Waals surface area contributed by atoms with Gasteiger partial charge in [-0.05, 0) is 54.5 Å². The van der Waals surface area contributed by atoms with Crippen LogP contribution in [0.3, 0.4) is 0 Å². The average molecular weight is 304 g/mol. The molecule has 4 heteroatoms. The SMILES string of the molecule is COc1ccc(C(=O)c2cc3c(s2)CCSC3)cc1C. The maximum absolute atomic E-state index is 12.6. The third-order valence-electron chi connectivity index (χ3n) is 3.51. The lowest BCUT2D eigenvalue weighted by Crippen LogP contribution is -2.00. The van der Waals surface area contributed by atoms with Gasteiger partial charge >= 0.3 is 0 Å². The number of carbonyl (C=O) groups is 1. The summed E-state index contributed by atoms with van der Waals surface area (Å²) in [5, 5.41) is 0. The van der Waals surface area contributed by atoms with Gasteiger partial charge in [0.25, 0.3) is 0 Å². The van der Waals surface area contributed by atoms with Gasteiger partial charge < -0.3 is 4.74 Å². The highest BCUT2D eigenvalue weighted by molar-refractivity contribution is 7.98. The molecule has 0 radical (unpaired) electrons. The average Bonchev–Trinajstić information content (AvgIpc) is 2.90. The lowest BCUT2D eigenvalue weighted by Gasteiger charge is -2.08. The number of fused-ring (bicyclic) bond motifs is 1. The van der Waals surface area contributed by atoms with E-state index in [0.717, 1.165) is 33.9 Å². The van der Waals surface area contributed by atoms with Gasteiger partial charge in [0.05, 0.1) is 12.0 Å². The van der Waals surface area contributed by atoms with Crippen LogP contribution in [0.2, 0.25) is 0 Å². The summed E-state index contributed by atoms with van der Waals surface area (Å²) in [7, 11) is 1.65. The molecular weight excluding hydrogens is 288 g/mol. The number of methoxy groups -OCH3 is 1. The van der Waals surface area contributed by atoms with Crippen LogP contribution in [0.5, 0.6) is 5.75 Å². The molecule has 0 atom stereocenters. The fraction of sp³-hybridized carbons (Fsp3) is 0.312. The quantitative estimate of drug-likeness (QED) is 0.799. The van der Waals surface area contributed by atoms with Crippen molar-refractivity contribution in [2.24, 2.45) is 0 Å². The molecule has 0 spiro atoms. The molecule has 1 aliphatic heterocycles. The van der Waals surface area contributed by atoms with E-state index in [0.29, 0.717) is 0 Å². The van der Waals surface area contributed by atoms with Crippen molar-refractivity contribution in [2.75, 3.05) is 12.9 Å². The highest BCUT2D eigenvalue weighted by Crippen LogP contribution is 2.33. The lowest BCUT2D eigenvalue weighted by atomic mass is 10.1. The number of ether oxygens (including phenoxy) is 1. The van der Waals surface area contributed by atoms with Crippen LogP contribution in [-0.2, 0) is 12.2 Å². The minimum Gasteiger partial charge on any atom is -0.496 e. The second-order valence-electron chi connectivity index (χ2n) is 4.88. The molecule has 20 heavy (non-hydrogen) atoms. The molecule has 3 rings (SSSR count). The lowest BCUT2D eigenvalue weighted by molar-refractivity contribution is 0.104. The zero-order chi connectivity index (χ0) is 14.1. The standard InChI is InChI=1S/C16H16O2S2/c1-10-7-11(3-4-13(10)18-2)16(17)15-8-12-9-19-6-5-14(12)20-15/h3-4,7-8H,5-6,9H2,1-2H3. The summed E-state index contributed by atoms with van der Waals surface area (Å²) in [6.07, 6.45) is 1.10. The van der Waals surface area contributed by atoms with Gasteiger partial charge in [0.1, 0.15) is 5.75 Å². The van der Waals surface area contributed by atoms with E-state index < -0.39 is 0 Å². The fourth-order valence-electron chi connectivity index (χ4n) is 2.42. The fourth-order valence-corrected chi connectivity index (χ4v) is 4.76. The Kier molecular flexibility index (Phi) is 3.85. The molecular formula is C16H16O2S2. The van der Waals surface area contributed by atoms with Crippen molar-refractivity contribution in [1.29, 1.82) is 0 Å². The van der Waals surface area contributed by atoms with E-state index in [1.54, 1.807) is 18.4 Å². The smallest absolute Gasteiger partial charge is 0.202 e. The number of benzene rings is 1. The third kappa shape index (κ3) is 2.50. The molecule has 0 amide bonds. The van der Waals surface area contributed by atoms with Gasteiger partial charge in [0.15, 0.2) is 0 Å². The van der Waals surface area contributed by atoms with Gasteiger partial charge in [-0.15, -0.1) is 11.3 Å². The molecule has 0 fully saturated rings. The molecule has 0 saturated heterocycles. The monoisotopic (exact) mass is 304 g/mol. The first-order valence-corrected chi connectivity index (χ1v) is 8.55. The number of hydrogen-bond acceptors (Lipinski definition) is 4. The van der Waals surface area contributed by atoms with Gasteiger partial charge in [-0.1, -0.05) is 0 Å². The highest BCUT2D eigenvalue weighted by atomic mass is 32.2. The number of hydrogen-bond donors (Lipinski definition) is 0. The Morgan fingerprint density at radius 2 is 2.15 bits per heavy atom. The Morgan fingerprint density at radius 3 is 2.85 bits per heavy atom. The Balaban J connectivity index is 1.92. The van der Waals surface area contributed by atoms with Crippen LogP contribution >= 0.6 is 23.1 Å². The summed E-state index contributed by atoms with van der Waals surface area (Å²) in [4.78, 5) is 14.8. The minimum atomic E-state index is 0.125. The normalized spacial score (nSPS) is 13.9. The zero-order valence-electron chi connectivity index (χ0n) is 11.6. The van der Waals surface area contributed by atoms with Crippen LogP contribution < -0.4 is 4.74 Å². The van der Waals surface area contributed by atoms with Gasteiger partial charge in [-0.2, -0.15) is 11.8 Å². The number of thiophene rings is 1. The number of carbonyl (C=O) groups excluding carboxylic acids is 1. The summed E-state index contributed by atoms with van der Waals surface area (Å²) >= 11 is 3.60. The van der Waals surface area contributed by atoms with Crippen LogP contribution in [-0.4, -0.2) is 18.6 Å². The molecule has 1 aromatic heterocycles. The summed E-state index contributed by atoms with van der Waals surface area (Å²) in [5.41, 5.74) is 3.09. The van der Waals surface area contributed by atoms with E-state index >= 15 is 0 Å². The molecule has 1 aromatic carbocycles. The molecule has 104 valence electrons. The molecule has 1 aliphatic rings. The third-order valence-corrected chi connectivity index (χ3v) is 5.75. The van der Waals surface area contributed by atoms with Crippen LogP contribution in [0.1, 0.15) is 31.2 Å². The van der Waals surface area contributed by atoms with Gasteiger partial charge in [0, 0.05) is 16.2 Å². The second kappa shape index (κ2) is 5.62. The first kappa shape index (κ1) is 13.7. The van der Waals surface area contributed by atoms with Crippen molar-refractivity contribution in [3.05, 3.63) is 50.7 Å². The van der Waals surface area contributed by atoms with Crippen molar-refractivity contribution in [3.8, 4) is 5.75 Å². The predicted octanol–water partition coefficient (Wildman–Crippen LogP) is 4.09. The predicted molar refractivity (Wildman–Crippen MR) is 85.3 cm³/mol. The Morgan fingerprint density at radius 1 is 1.30 bits per heavy atom. The molecule has 0 aliphatic carbocycles. The number of ketones is 1. The molecule has 0 N–H and O–H groups in total. The van der Waals surface area contributed by atoms with E-state index in [2.05, 4.69) is 6.07 Å². The van der Waals surface area contributed by atoms with E-state index in [1.807, 2.05) is 36.9 Å².